The molecule has 2 heterocycles. The van der Waals surface area contributed by atoms with E-state index < -0.39 is 34.8 Å². The lowest BCUT2D eigenvalue weighted by atomic mass is 9.93. The summed E-state index contributed by atoms with van der Waals surface area (Å²) in [4.78, 5) is 44.1. The number of anilines is 1. The Bertz CT molecular complexity index is 972. The van der Waals surface area contributed by atoms with Gasteiger partial charge in [-0.25, -0.2) is 10.1 Å². The number of oxime groups is 1. The minimum Gasteiger partial charge on any atom is -0.595 e. The molecule has 136 valence electrons. The summed E-state index contributed by atoms with van der Waals surface area (Å²) < 4.78 is 0. The van der Waals surface area contributed by atoms with E-state index in [4.69, 9.17) is 10.0 Å². The van der Waals surface area contributed by atoms with Gasteiger partial charge < -0.3 is 10.0 Å². The van der Waals surface area contributed by atoms with Crippen LogP contribution in [0.4, 0.5) is 11.4 Å². The second-order valence-corrected chi connectivity index (χ2v) is 6.04. The van der Waals surface area contributed by atoms with Gasteiger partial charge in [-0.15, -0.1) is 0 Å². The van der Waals surface area contributed by atoms with Crippen LogP contribution in [0.5, 0.6) is 0 Å². The fraction of sp³-hybridized carbons (Fsp3) is 0.111. The Balaban J connectivity index is 1.67. The van der Waals surface area contributed by atoms with Gasteiger partial charge in [0.15, 0.2) is 5.69 Å². The fourth-order valence-corrected chi connectivity index (χ4v) is 3.14. The fourth-order valence-electron chi connectivity index (χ4n) is 3.14. The maximum Gasteiger partial charge on any atom is 0.278 e. The van der Waals surface area contributed by atoms with Crippen LogP contribution in [-0.2, 0) is 14.4 Å². The van der Waals surface area contributed by atoms with Crippen LogP contribution in [0, 0.1) is 11.1 Å². The van der Waals surface area contributed by atoms with E-state index in [9.17, 15) is 19.6 Å². The van der Waals surface area contributed by atoms with Crippen molar-refractivity contribution in [2.24, 2.45) is 11.1 Å². The Morgan fingerprint density at radius 2 is 1.85 bits per heavy atom. The number of Topliss-reactive ketones (excluding diaryl/α,β-unsaturated/α-hetero) is 1. The Morgan fingerprint density at radius 3 is 2.56 bits per heavy atom. The lowest BCUT2D eigenvalue weighted by molar-refractivity contribution is -0.991. The van der Waals surface area contributed by atoms with Crippen LogP contribution in [0.3, 0.4) is 0 Å². The third-order valence-corrected chi connectivity index (χ3v) is 4.43. The van der Waals surface area contributed by atoms with E-state index in [0.29, 0.717) is 5.56 Å². The molecule has 2 amide bonds. The summed E-state index contributed by atoms with van der Waals surface area (Å²) in [5.74, 6) is -3.01. The topological polar surface area (TPSA) is 124 Å². The molecule has 1 fully saturated rings. The molecular weight excluding hydrogens is 354 g/mol. The molecule has 2 aromatic carbocycles. The molecule has 2 N–H and O–H groups in total. The number of carbonyl (C=O) groups excluding carboxylic acids is 3. The summed E-state index contributed by atoms with van der Waals surface area (Å²) in [5, 5.41) is 22.7. The number of quaternary nitrogens is 1. The van der Waals surface area contributed by atoms with Crippen LogP contribution in [0.15, 0.2) is 59.8 Å². The van der Waals surface area contributed by atoms with Gasteiger partial charge in [-0.3, -0.25) is 14.4 Å². The van der Waals surface area contributed by atoms with Gasteiger partial charge in [0, 0.05) is 17.7 Å². The van der Waals surface area contributed by atoms with E-state index in [0.717, 1.165) is 4.90 Å². The van der Waals surface area contributed by atoms with Gasteiger partial charge in [-0.05, 0) is 6.07 Å². The molecule has 0 bridgehead atoms. The number of rotatable bonds is 4. The molecule has 9 nitrogen and oxygen atoms in total. The second kappa shape index (κ2) is 6.40. The maximum atomic E-state index is 12.9. The Hall–Kier alpha value is -3.40. The van der Waals surface area contributed by atoms with Crippen LogP contribution in [0.1, 0.15) is 10.4 Å². The van der Waals surface area contributed by atoms with Crippen LogP contribution >= 0.6 is 0 Å². The van der Waals surface area contributed by atoms with Gasteiger partial charge in [0.2, 0.25) is 17.8 Å². The van der Waals surface area contributed by atoms with Gasteiger partial charge in [-0.2, -0.15) is 5.23 Å². The van der Waals surface area contributed by atoms with E-state index in [-0.39, 0.29) is 17.1 Å². The van der Waals surface area contributed by atoms with Gasteiger partial charge >= 0.3 is 0 Å². The maximum absolute atomic E-state index is 12.9. The summed E-state index contributed by atoms with van der Waals surface area (Å²) in [6.07, 6.45) is -1.23. The smallest absolute Gasteiger partial charge is 0.278 e. The second-order valence-electron chi connectivity index (χ2n) is 6.04. The van der Waals surface area contributed by atoms with Crippen molar-refractivity contribution in [2.75, 3.05) is 4.90 Å². The highest BCUT2D eigenvalue weighted by Gasteiger charge is 2.57. The monoisotopic (exact) mass is 367 g/mol. The quantitative estimate of drug-likeness (QED) is 0.453. The Morgan fingerprint density at radius 1 is 1.11 bits per heavy atom. The zero-order chi connectivity index (χ0) is 19.1. The molecule has 4 rings (SSSR count). The molecule has 0 radical (unpaired) electrons. The Labute approximate surface area is 152 Å². The SMILES string of the molecule is O=C(C1=NO[C@@H]2C(=O)N(c3cccc([NH+]([O-])O)c3)C(=O)[C@@H]12)c1ccccc1. The molecule has 1 saturated heterocycles. The number of nitrogens with zero attached hydrogens (tertiary/aromatic N) is 2. The minimum atomic E-state index is -1.23. The van der Waals surface area contributed by atoms with Crippen molar-refractivity contribution in [1.82, 2.24) is 0 Å². The normalized spacial score (nSPS) is 22.3. The van der Waals surface area contributed by atoms with E-state index in [2.05, 4.69) is 5.16 Å². The lowest BCUT2D eigenvalue weighted by Gasteiger charge is -2.17. The number of amides is 2. The highest BCUT2D eigenvalue weighted by atomic mass is 16.8. The number of carbonyl (C=O) groups is 3. The number of benzene rings is 2. The van der Waals surface area contributed by atoms with Gasteiger partial charge in [0.25, 0.3) is 5.91 Å². The molecule has 0 aliphatic carbocycles. The molecule has 3 atom stereocenters. The molecule has 1 unspecified atom stereocenters. The number of fused-ring (bicyclic) bond motifs is 1. The average Bonchev–Trinajstić information content (AvgIpc) is 3.22. The number of nitrogens with one attached hydrogen (secondary N) is 1. The predicted molar refractivity (Wildman–Crippen MR) is 91.3 cm³/mol. The van der Waals surface area contributed by atoms with Crippen molar-refractivity contribution in [3.05, 3.63) is 65.4 Å². The first-order valence-corrected chi connectivity index (χ1v) is 8.03. The zero-order valence-corrected chi connectivity index (χ0v) is 13.7. The van der Waals surface area contributed by atoms with Crippen LogP contribution < -0.4 is 10.1 Å². The first kappa shape index (κ1) is 17.0. The zero-order valence-electron chi connectivity index (χ0n) is 13.7. The van der Waals surface area contributed by atoms with Crippen molar-refractivity contribution >= 4 is 34.7 Å². The summed E-state index contributed by atoms with van der Waals surface area (Å²) in [6, 6.07) is 13.7. The summed E-state index contributed by atoms with van der Waals surface area (Å²) >= 11 is 0. The number of hydrogen-bond donors (Lipinski definition) is 2. The van der Waals surface area contributed by atoms with E-state index in [1.165, 1.54) is 24.3 Å². The van der Waals surface area contributed by atoms with E-state index in [1.54, 1.807) is 30.3 Å². The number of imide groups is 1. The van der Waals surface area contributed by atoms with Gasteiger partial charge in [-0.1, -0.05) is 41.6 Å². The minimum absolute atomic E-state index is 0.0691. The first-order valence-electron chi connectivity index (χ1n) is 8.03. The molecule has 0 aromatic heterocycles. The highest BCUT2D eigenvalue weighted by molar-refractivity contribution is 6.52. The highest BCUT2D eigenvalue weighted by Crippen LogP contribution is 2.34. The molecule has 2 aliphatic heterocycles. The number of ketones is 1. The van der Waals surface area contributed by atoms with Crippen LogP contribution in [0.2, 0.25) is 0 Å². The lowest BCUT2D eigenvalue weighted by Crippen LogP contribution is -2.99. The van der Waals surface area contributed by atoms with E-state index in [1.807, 2.05) is 0 Å². The first-order chi connectivity index (χ1) is 13.0. The average molecular weight is 367 g/mol. The molecular formula is C18H13N3O6. The van der Waals surface area contributed by atoms with Crippen molar-refractivity contribution < 1.29 is 29.7 Å². The third-order valence-electron chi connectivity index (χ3n) is 4.43. The predicted octanol–water partition coefficient (Wildman–Crippen LogP) is 0.217. The molecule has 9 heteroatoms. The van der Waals surface area contributed by atoms with Gasteiger partial charge in [0.1, 0.15) is 11.6 Å². The van der Waals surface area contributed by atoms with E-state index >= 15 is 0 Å². The summed E-state index contributed by atoms with van der Waals surface area (Å²) in [6.45, 7) is 0. The Kier molecular flexibility index (Phi) is 4.04. The van der Waals surface area contributed by atoms with Crippen LogP contribution in [0.25, 0.3) is 0 Å². The molecule has 2 aliphatic rings. The number of hydrogen-bond acceptors (Lipinski definition) is 7. The van der Waals surface area contributed by atoms with Crippen LogP contribution in [-0.4, -0.2) is 34.6 Å². The van der Waals surface area contributed by atoms with Crippen molar-refractivity contribution in [2.45, 2.75) is 6.10 Å². The summed E-state index contributed by atoms with van der Waals surface area (Å²) in [5.41, 5.74) is 0.225. The molecule has 2 aromatic rings. The molecule has 0 spiro atoms. The molecule has 0 saturated carbocycles. The van der Waals surface area contributed by atoms with Crippen molar-refractivity contribution in [3.63, 3.8) is 0 Å². The van der Waals surface area contributed by atoms with Crippen molar-refractivity contribution in [3.8, 4) is 0 Å². The summed E-state index contributed by atoms with van der Waals surface area (Å²) in [7, 11) is 0. The van der Waals surface area contributed by atoms with Crippen molar-refractivity contribution in [1.29, 1.82) is 0 Å². The molecule has 27 heavy (non-hydrogen) atoms. The largest absolute Gasteiger partial charge is 0.595 e. The van der Waals surface area contributed by atoms with Gasteiger partial charge in [0.05, 0.1) is 5.69 Å². The third kappa shape index (κ3) is 2.70. The standard InChI is InChI=1S/C18H13N3O6/c22-15(10-5-2-1-3-6-10)14-13-16(27-19-14)18(24)20(17(13)23)11-7-4-8-12(9-11)21(25)26/h1-9,13,16,21,25H/t13-,16-/m0/s1.